The number of hydrogen-bond donors (Lipinski definition) is 2. The van der Waals surface area contributed by atoms with Gasteiger partial charge in [0.1, 0.15) is 5.69 Å². The maximum Gasteiger partial charge on any atom is 0.116 e. The van der Waals surface area contributed by atoms with E-state index in [4.69, 9.17) is 4.98 Å². The van der Waals surface area contributed by atoms with Gasteiger partial charge in [-0.05, 0) is 55.4 Å². The largest absolute Gasteiger partial charge is 0.370 e. The summed E-state index contributed by atoms with van der Waals surface area (Å²) < 4.78 is 0. The molecule has 0 radical (unpaired) electrons. The van der Waals surface area contributed by atoms with E-state index in [-0.39, 0.29) is 0 Å². The minimum Gasteiger partial charge on any atom is -0.370 e. The highest BCUT2D eigenvalue weighted by Crippen LogP contribution is 2.35. The van der Waals surface area contributed by atoms with Crippen LogP contribution in [0.25, 0.3) is 44.5 Å². The minimum absolute atomic E-state index is 0.785. The van der Waals surface area contributed by atoms with Gasteiger partial charge >= 0.3 is 0 Å². The number of rotatable bonds is 5. The Balaban J connectivity index is 1.23. The molecule has 5 aromatic heterocycles. The lowest BCUT2D eigenvalue weighted by atomic mass is 9.85. The smallest absolute Gasteiger partial charge is 0.116 e. The molecule has 7 nitrogen and oxygen atoms in total. The summed E-state index contributed by atoms with van der Waals surface area (Å²) in [7, 11) is 0. The van der Waals surface area contributed by atoms with Gasteiger partial charge in [-0.15, -0.1) is 0 Å². The first-order valence-electron chi connectivity index (χ1n) is 13.8. The molecule has 1 aliphatic carbocycles. The predicted molar refractivity (Wildman–Crippen MR) is 149 cm³/mol. The molecule has 1 saturated heterocycles. The number of H-pyrrole nitrogens is 2. The molecule has 188 valence electrons. The number of anilines is 1. The maximum absolute atomic E-state index is 4.75. The van der Waals surface area contributed by atoms with Crippen molar-refractivity contribution in [2.75, 3.05) is 18.0 Å². The van der Waals surface area contributed by atoms with Crippen LogP contribution < -0.4 is 4.90 Å². The highest BCUT2D eigenvalue weighted by atomic mass is 15.1. The lowest BCUT2D eigenvalue weighted by Gasteiger charge is -2.28. The molecule has 6 heterocycles. The van der Waals surface area contributed by atoms with Crippen LogP contribution in [0.1, 0.15) is 56.9 Å². The van der Waals surface area contributed by atoms with Crippen LogP contribution in [0.3, 0.4) is 0 Å². The molecule has 7 rings (SSSR count). The fourth-order valence-electron chi connectivity index (χ4n) is 6.29. The van der Waals surface area contributed by atoms with Crippen molar-refractivity contribution in [3.8, 4) is 22.6 Å². The zero-order chi connectivity index (χ0) is 24.6. The Morgan fingerprint density at radius 2 is 1.62 bits per heavy atom. The SMILES string of the molecule is c1ncc(-c2cc3c(-c4cc5c(N6CCCCC6)cncc5[nH]4)n[nH]c3cn2)cc1CC1CCCCC1. The molecule has 0 amide bonds. The molecular weight excluding hydrogens is 458 g/mol. The van der Waals surface area contributed by atoms with Crippen molar-refractivity contribution < 1.29 is 0 Å². The van der Waals surface area contributed by atoms with Crippen molar-refractivity contribution in [2.24, 2.45) is 5.92 Å². The summed E-state index contributed by atoms with van der Waals surface area (Å²) in [5.41, 5.74) is 8.39. The summed E-state index contributed by atoms with van der Waals surface area (Å²) >= 11 is 0. The second-order valence-electron chi connectivity index (χ2n) is 10.8. The van der Waals surface area contributed by atoms with E-state index in [1.165, 1.54) is 68.0 Å². The van der Waals surface area contributed by atoms with Crippen molar-refractivity contribution in [2.45, 2.75) is 57.8 Å². The fourth-order valence-corrected chi connectivity index (χ4v) is 6.29. The van der Waals surface area contributed by atoms with E-state index in [0.717, 1.165) is 64.5 Å². The average Bonchev–Trinajstić information content (AvgIpc) is 3.58. The first-order valence-corrected chi connectivity index (χ1v) is 13.8. The Kier molecular flexibility index (Phi) is 5.84. The Labute approximate surface area is 216 Å². The van der Waals surface area contributed by atoms with E-state index in [1.807, 2.05) is 31.0 Å². The molecule has 37 heavy (non-hydrogen) atoms. The first-order chi connectivity index (χ1) is 18.3. The van der Waals surface area contributed by atoms with Crippen molar-refractivity contribution in [3.05, 3.63) is 54.7 Å². The summed E-state index contributed by atoms with van der Waals surface area (Å²) in [6.07, 6.45) is 21.5. The van der Waals surface area contributed by atoms with Crippen LogP contribution in [0.2, 0.25) is 0 Å². The zero-order valence-corrected chi connectivity index (χ0v) is 21.2. The van der Waals surface area contributed by atoms with Crippen LogP contribution in [0.5, 0.6) is 0 Å². The average molecular weight is 492 g/mol. The van der Waals surface area contributed by atoms with Crippen LogP contribution >= 0.6 is 0 Å². The van der Waals surface area contributed by atoms with Crippen LogP contribution in [0, 0.1) is 5.92 Å². The van der Waals surface area contributed by atoms with E-state index >= 15 is 0 Å². The highest BCUT2D eigenvalue weighted by Gasteiger charge is 2.19. The second kappa shape index (κ2) is 9.61. The molecule has 2 N–H and O–H groups in total. The first kappa shape index (κ1) is 22.5. The summed E-state index contributed by atoms with van der Waals surface area (Å²) in [5, 5.41) is 10.1. The molecule has 2 fully saturated rings. The van der Waals surface area contributed by atoms with E-state index in [0.29, 0.717) is 0 Å². The number of piperidine rings is 1. The van der Waals surface area contributed by atoms with Crippen molar-refractivity contribution in [1.29, 1.82) is 0 Å². The van der Waals surface area contributed by atoms with Crippen molar-refractivity contribution >= 4 is 27.5 Å². The molecule has 0 aromatic carbocycles. The molecule has 7 heteroatoms. The Bertz CT molecular complexity index is 1540. The standard InChI is InChI=1S/C30H33N7/c1-3-7-20(8-4-1)11-21-12-22(16-31-15-21)25-14-24-28(18-33-25)35-36-30(24)26-13-23-27(34-26)17-32-19-29(23)37-9-5-2-6-10-37/h12-20,34H,1-11H2,(H,35,36). The molecular formula is C30H33N7. The molecule has 0 unspecified atom stereocenters. The van der Waals surface area contributed by atoms with E-state index in [2.05, 4.69) is 48.2 Å². The van der Waals surface area contributed by atoms with E-state index < -0.39 is 0 Å². The quantitative estimate of drug-likeness (QED) is 0.286. The number of hydrogen-bond acceptors (Lipinski definition) is 5. The van der Waals surface area contributed by atoms with Crippen LogP contribution in [-0.4, -0.2) is 43.2 Å². The van der Waals surface area contributed by atoms with Gasteiger partial charge in [-0.1, -0.05) is 32.1 Å². The Morgan fingerprint density at radius 3 is 2.51 bits per heavy atom. The van der Waals surface area contributed by atoms with Gasteiger partial charge in [-0.25, -0.2) is 0 Å². The molecule has 1 saturated carbocycles. The van der Waals surface area contributed by atoms with Gasteiger partial charge in [0.15, 0.2) is 0 Å². The number of nitrogens with one attached hydrogen (secondary N) is 2. The van der Waals surface area contributed by atoms with Crippen molar-refractivity contribution in [1.82, 2.24) is 30.1 Å². The summed E-state index contributed by atoms with van der Waals surface area (Å²) in [4.78, 5) is 19.9. The summed E-state index contributed by atoms with van der Waals surface area (Å²) in [6, 6.07) is 6.64. The number of fused-ring (bicyclic) bond motifs is 2. The molecule has 2 aliphatic rings. The maximum atomic E-state index is 4.75. The molecule has 1 aliphatic heterocycles. The number of aromatic amines is 2. The number of aromatic nitrogens is 6. The lowest BCUT2D eigenvalue weighted by molar-refractivity contribution is 0.356. The highest BCUT2D eigenvalue weighted by molar-refractivity contribution is 6.00. The van der Waals surface area contributed by atoms with E-state index in [9.17, 15) is 0 Å². The monoisotopic (exact) mass is 491 g/mol. The van der Waals surface area contributed by atoms with Crippen LogP contribution in [0.15, 0.2) is 49.2 Å². The third-order valence-corrected chi connectivity index (χ3v) is 8.26. The van der Waals surface area contributed by atoms with Gasteiger partial charge in [0.2, 0.25) is 0 Å². The minimum atomic E-state index is 0.785. The second-order valence-corrected chi connectivity index (χ2v) is 10.8. The Hall–Kier alpha value is -3.74. The van der Waals surface area contributed by atoms with Gasteiger partial charge in [-0.2, -0.15) is 5.10 Å². The normalized spacial score (nSPS) is 17.1. The number of nitrogens with zero attached hydrogens (tertiary/aromatic N) is 5. The predicted octanol–water partition coefficient (Wildman–Crippen LogP) is 6.68. The third-order valence-electron chi connectivity index (χ3n) is 8.26. The summed E-state index contributed by atoms with van der Waals surface area (Å²) in [6.45, 7) is 2.19. The number of pyridine rings is 3. The van der Waals surface area contributed by atoms with Gasteiger partial charge < -0.3 is 9.88 Å². The molecule has 0 bridgehead atoms. The summed E-state index contributed by atoms with van der Waals surface area (Å²) in [5.74, 6) is 0.785. The molecule has 0 atom stereocenters. The molecule has 5 aromatic rings. The van der Waals surface area contributed by atoms with Crippen LogP contribution in [0.4, 0.5) is 5.69 Å². The Morgan fingerprint density at radius 1 is 0.784 bits per heavy atom. The van der Waals surface area contributed by atoms with Gasteiger partial charge in [0.05, 0.1) is 46.7 Å². The van der Waals surface area contributed by atoms with E-state index in [1.54, 1.807) is 0 Å². The van der Waals surface area contributed by atoms with Crippen LogP contribution in [-0.2, 0) is 6.42 Å². The topological polar surface area (TPSA) is 86.4 Å². The molecule has 0 spiro atoms. The van der Waals surface area contributed by atoms with Crippen molar-refractivity contribution in [3.63, 3.8) is 0 Å². The zero-order valence-electron chi connectivity index (χ0n) is 21.2. The third kappa shape index (κ3) is 4.37. The van der Waals surface area contributed by atoms with Gasteiger partial charge in [-0.3, -0.25) is 20.1 Å². The van der Waals surface area contributed by atoms with Gasteiger partial charge in [0, 0.05) is 41.8 Å². The fraction of sp³-hybridized carbons (Fsp3) is 0.400. The van der Waals surface area contributed by atoms with Gasteiger partial charge in [0.25, 0.3) is 0 Å². The lowest BCUT2D eigenvalue weighted by Crippen LogP contribution is -2.29.